The van der Waals surface area contributed by atoms with Crippen molar-refractivity contribution >= 4 is 37.8 Å². The van der Waals surface area contributed by atoms with Crippen molar-refractivity contribution in [2.75, 3.05) is 13.2 Å². The van der Waals surface area contributed by atoms with E-state index in [1.54, 1.807) is 6.92 Å². The lowest BCUT2D eigenvalue weighted by atomic mass is 10.0. The molecule has 0 aromatic heterocycles. The molecule has 0 radical (unpaired) electrons. The van der Waals surface area contributed by atoms with E-state index in [9.17, 15) is 4.79 Å². The third-order valence-corrected chi connectivity index (χ3v) is 4.85. The van der Waals surface area contributed by atoms with Gasteiger partial charge in [0.15, 0.2) is 0 Å². The Balaban J connectivity index is 2.84. The fourth-order valence-electron chi connectivity index (χ4n) is 2.21. The first kappa shape index (κ1) is 20.2. The molecule has 128 valence electrons. The summed E-state index contributed by atoms with van der Waals surface area (Å²) in [5.41, 5.74) is 2.76. The zero-order valence-corrected chi connectivity index (χ0v) is 17.2. The monoisotopic (exact) mass is 446 g/mol. The lowest BCUT2D eigenvalue weighted by Crippen LogP contribution is -2.07. The molecule has 23 heavy (non-hydrogen) atoms. The van der Waals surface area contributed by atoms with Gasteiger partial charge in [0.05, 0.1) is 17.7 Å². The molecule has 1 aromatic rings. The molecule has 0 saturated heterocycles. The van der Waals surface area contributed by atoms with Gasteiger partial charge in [0, 0.05) is 10.0 Å². The maximum atomic E-state index is 11.4. The lowest BCUT2D eigenvalue weighted by molar-refractivity contribution is -0.139. The quantitative estimate of drug-likeness (QED) is 0.280. The number of esters is 1. The van der Waals surface area contributed by atoms with Crippen molar-refractivity contribution in [2.45, 2.75) is 46.5 Å². The van der Waals surface area contributed by atoms with Crippen molar-refractivity contribution in [1.82, 2.24) is 0 Å². The third kappa shape index (κ3) is 5.96. The summed E-state index contributed by atoms with van der Waals surface area (Å²) in [6, 6.07) is 2.13. The fraction of sp³-hybridized carbons (Fsp3) is 0.500. The highest BCUT2D eigenvalue weighted by Crippen LogP contribution is 2.38. The smallest absolute Gasteiger partial charge is 0.333 e. The molecule has 0 N–H and O–H groups in total. The van der Waals surface area contributed by atoms with Crippen LogP contribution >= 0.6 is 31.9 Å². The average molecular weight is 448 g/mol. The number of hydrogen-bond acceptors (Lipinski definition) is 3. The van der Waals surface area contributed by atoms with E-state index in [-0.39, 0.29) is 5.97 Å². The predicted octanol–water partition coefficient (Wildman–Crippen LogP) is 5.61. The van der Waals surface area contributed by atoms with Crippen molar-refractivity contribution in [3.8, 4) is 5.75 Å². The standard InChI is InChI=1S/C18H24Br2O3/c1-5-8-13-11-15(19)14(16(20)17(13)22-6-2)9-7-10-23-18(21)12(3)4/h11H,3,5-10H2,1-2,4H3. The van der Waals surface area contributed by atoms with Gasteiger partial charge in [0.2, 0.25) is 0 Å². The Bertz CT molecular complexity index is 568. The molecule has 3 nitrogen and oxygen atoms in total. The van der Waals surface area contributed by atoms with Crippen LogP contribution in [0.3, 0.4) is 0 Å². The largest absolute Gasteiger partial charge is 0.492 e. The second-order valence-corrected chi connectivity index (χ2v) is 6.99. The Morgan fingerprint density at radius 3 is 2.52 bits per heavy atom. The van der Waals surface area contributed by atoms with Gasteiger partial charge in [0.25, 0.3) is 0 Å². The van der Waals surface area contributed by atoms with Crippen LogP contribution in [0.1, 0.15) is 44.7 Å². The predicted molar refractivity (Wildman–Crippen MR) is 101 cm³/mol. The second-order valence-electron chi connectivity index (χ2n) is 5.34. The first-order chi connectivity index (χ1) is 10.9. The van der Waals surface area contributed by atoms with Gasteiger partial charge in [-0.15, -0.1) is 0 Å². The molecule has 0 atom stereocenters. The number of carbonyl (C=O) groups excluding carboxylic acids is 1. The van der Waals surface area contributed by atoms with Crippen LogP contribution in [0.5, 0.6) is 5.75 Å². The number of halogens is 2. The summed E-state index contributed by atoms with van der Waals surface area (Å²) in [4.78, 5) is 11.4. The lowest BCUT2D eigenvalue weighted by Gasteiger charge is -2.17. The van der Waals surface area contributed by atoms with Gasteiger partial charge < -0.3 is 9.47 Å². The van der Waals surface area contributed by atoms with Crippen LogP contribution in [0, 0.1) is 0 Å². The number of ether oxygens (including phenoxy) is 2. The Hall–Kier alpha value is -0.810. The molecule has 0 aliphatic carbocycles. The Kier molecular flexibility index (Phi) is 8.92. The molecule has 0 saturated carbocycles. The molecular formula is C18H24Br2O3. The van der Waals surface area contributed by atoms with Gasteiger partial charge in [-0.1, -0.05) is 35.9 Å². The zero-order chi connectivity index (χ0) is 17.4. The van der Waals surface area contributed by atoms with E-state index < -0.39 is 0 Å². The Labute approximate surface area is 155 Å². The molecule has 0 aliphatic heterocycles. The summed E-state index contributed by atoms with van der Waals surface area (Å²) in [6.07, 6.45) is 3.57. The highest BCUT2D eigenvalue weighted by atomic mass is 79.9. The van der Waals surface area contributed by atoms with E-state index in [0.717, 1.165) is 45.9 Å². The number of hydrogen-bond donors (Lipinski definition) is 0. The molecule has 0 heterocycles. The fourth-order valence-corrected chi connectivity index (χ4v) is 3.93. The molecule has 1 rings (SSSR count). The number of aryl methyl sites for hydroxylation is 1. The zero-order valence-electron chi connectivity index (χ0n) is 14.0. The van der Waals surface area contributed by atoms with Gasteiger partial charge in [-0.2, -0.15) is 0 Å². The Morgan fingerprint density at radius 2 is 1.96 bits per heavy atom. The first-order valence-corrected chi connectivity index (χ1v) is 9.46. The van der Waals surface area contributed by atoms with Crippen LogP contribution in [0.2, 0.25) is 0 Å². The van der Waals surface area contributed by atoms with E-state index in [4.69, 9.17) is 9.47 Å². The second kappa shape index (κ2) is 10.1. The summed E-state index contributed by atoms with van der Waals surface area (Å²) >= 11 is 7.33. The minimum absolute atomic E-state index is 0.337. The van der Waals surface area contributed by atoms with E-state index in [0.29, 0.717) is 18.8 Å². The molecule has 1 aromatic carbocycles. The van der Waals surface area contributed by atoms with Crippen molar-refractivity contribution < 1.29 is 14.3 Å². The summed E-state index contributed by atoms with van der Waals surface area (Å²) in [6.45, 7) is 10.4. The van der Waals surface area contributed by atoms with E-state index in [1.165, 1.54) is 5.56 Å². The molecule has 0 aliphatic rings. The van der Waals surface area contributed by atoms with Crippen molar-refractivity contribution in [3.63, 3.8) is 0 Å². The minimum atomic E-state index is -0.337. The molecule has 0 unspecified atom stereocenters. The van der Waals surface area contributed by atoms with E-state index in [2.05, 4.69) is 51.4 Å². The molecule has 0 amide bonds. The van der Waals surface area contributed by atoms with Crippen LogP contribution in [0.15, 0.2) is 27.2 Å². The summed E-state index contributed by atoms with van der Waals surface area (Å²) < 4.78 is 13.0. The highest BCUT2D eigenvalue weighted by molar-refractivity contribution is 9.11. The number of benzene rings is 1. The molecule has 0 bridgehead atoms. The summed E-state index contributed by atoms with van der Waals surface area (Å²) in [7, 11) is 0. The SMILES string of the molecule is C=C(C)C(=O)OCCCc1c(Br)cc(CCC)c(OCC)c1Br. The van der Waals surface area contributed by atoms with Crippen LogP contribution in [0.25, 0.3) is 0 Å². The van der Waals surface area contributed by atoms with Crippen LogP contribution in [-0.4, -0.2) is 19.2 Å². The van der Waals surface area contributed by atoms with Crippen molar-refractivity contribution in [3.05, 3.63) is 38.3 Å². The van der Waals surface area contributed by atoms with Gasteiger partial charge in [-0.25, -0.2) is 4.79 Å². The third-order valence-electron chi connectivity index (χ3n) is 3.31. The highest BCUT2D eigenvalue weighted by Gasteiger charge is 2.16. The van der Waals surface area contributed by atoms with E-state index in [1.807, 2.05) is 6.92 Å². The van der Waals surface area contributed by atoms with E-state index >= 15 is 0 Å². The maximum absolute atomic E-state index is 11.4. The van der Waals surface area contributed by atoms with Crippen LogP contribution in [-0.2, 0) is 22.4 Å². The molecular weight excluding hydrogens is 424 g/mol. The first-order valence-electron chi connectivity index (χ1n) is 7.87. The van der Waals surface area contributed by atoms with Gasteiger partial charge in [0.1, 0.15) is 5.75 Å². The normalized spacial score (nSPS) is 10.5. The van der Waals surface area contributed by atoms with Crippen molar-refractivity contribution in [2.24, 2.45) is 0 Å². The maximum Gasteiger partial charge on any atom is 0.333 e. The summed E-state index contributed by atoms with van der Waals surface area (Å²) in [5.74, 6) is 0.586. The topological polar surface area (TPSA) is 35.5 Å². The van der Waals surface area contributed by atoms with Gasteiger partial charge in [-0.05, 0) is 66.2 Å². The minimum Gasteiger partial charge on any atom is -0.492 e. The number of carbonyl (C=O) groups is 1. The van der Waals surface area contributed by atoms with Gasteiger partial charge in [-0.3, -0.25) is 0 Å². The average Bonchev–Trinajstić information content (AvgIpc) is 2.50. The summed E-state index contributed by atoms with van der Waals surface area (Å²) in [5, 5.41) is 0. The van der Waals surface area contributed by atoms with Crippen LogP contribution in [0.4, 0.5) is 0 Å². The molecule has 0 spiro atoms. The Morgan fingerprint density at radius 1 is 1.26 bits per heavy atom. The van der Waals surface area contributed by atoms with Crippen molar-refractivity contribution in [1.29, 1.82) is 0 Å². The molecule has 0 fully saturated rings. The van der Waals surface area contributed by atoms with Gasteiger partial charge >= 0.3 is 5.97 Å². The van der Waals surface area contributed by atoms with Crippen LogP contribution < -0.4 is 4.74 Å². The number of rotatable bonds is 9. The molecule has 5 heteroatoms.